The molecule has 1 fully saturated rings. The van der Waals surface area contributed by atoms with Gasteiger partial charge in [0.05, 0.1) is 13.2 Å². The number of para-hydroxylation sites is 1. The van der Waals surface area contributed by atoms with E-state index in [1.54, 1.807) is 0 Å². The molecule has 1 aliphatic rings. The van der Waals surface area contributed by atoms with E-state index in [1.807, 2.05) is 42.5 Å². The minimum atomic E-state index is -0.631. The van der Waals surface area contributed by atoms with Crippen molar-refractivity contribution in [3.63, 3.8) is 0 Å². The van der Waals surface area contributed by atoms with Crippen LogP contribution in [-0.2, 0) is 15.1 Å². The summed E-state index contributed by atoms with van der Waals surface area (Å²) in [6.07, 6.45) is -0.141. The molecule has 1 atom stereocenters. The van der Waals surface area contributed by atoms with E-state index in [-0.39, 0.29) is 6.10 Å². The molecule has 3 aromatic carbocycles. The number of rotatable bonds is 8. The molecule has 1 N–H and O–H groups in total. The largest absolute Gasteiger partial charge is 0.492 e. The van der Waals surface area contributed by atoms with Crippen LogP contribution >= 0.6 is 0 Å². The molecule has 0 amide bonds. The van der Waals surface area contributed by atoms with Crippen molar-refractivity contribution in [2.24, 2.45) is 0 Å². The summed E-state index contributed by atoms with van der Waals surface area (Å²) in [5.74, 6) is 0.884. The van der Waals surface area contributed by atoms with Gasteiger partial charge in [-0.1, -0.05) is 78.9 Å². The van der Waals surface area contributed by atoms with Crippen LogP contribution in [-0.4, -0.2) is 39.0 Å². The molecule has 3 aromatic rings. The minimum absolute atomic E-state index is 0.141. The van der Waals surface area contributed by atoms with Crippen LogP contribution in [0.2, 0.25) is 0 Å². The highest BCUT2D eigenvalue weighted by Gasteiger charge is 2.46. The van der Waals surface area contributed by atoms with Crippen LogP contribution in [0.1, 0.15) is 11.1 Å². The fourth-order valence-electron chi connectivity index (χ4n) is 3.87. The minimum Gasteiger partial charge on any atom is -0.492 e. The molecular weight excluding hydrogens is 362 g/mol. The number of benzene rings is 3. The molecule has 0 bridgehead atoms. The molecule has 0 aromatic heterocycles. The van der Waals surface area contributed by atoms with Crippen molar-refractivity contribution < 1.29 is 14.2 Å². The molecule has 1 saturated heterocycles. The number of hydrogen-bond acceptors (Lipinski definition) is 4. The van der Waals surface area contributed by atoms with E-state index < -0.39 is 5.60 Å². The van der Waals surface area contributed by atoms with Gasteiger partial charge in [-0.15, -0.1) is 0 Å². The summed E-state index contributed by atoms with van der Waals surface area (Å²) in [6.45, 7) is 3.16. The van der Waals surface area contributed by atoms with E-state index >= 15 is 0 Å². The Morgan fingerprint density at radius 3 is 2.00 bits per heavy atom. The zero-order chi connectivity index (χ0) is 19.8. The molecule has 0 radical (unpaired) electrons. The van der Waals surface area contributed by atoms with Gasteiger partial charge >= 0.3 is 0 Å². The molecule has 4 nitrogen and oxygen atoms in total. The SMILES string of the molecule is c1ccc(OCCNCC2OCCOC2(c2ccccc2)c2ccccc2)cc1. The molecule has 29 heavy (non-hydrogen) atoms. The molecule has 1 aliphatic heterocycles. The Bertz CT molecular complexity index is 816. The van der Waals surface area contributed by atoms with E-state index in [0.29, 0.717) is 26.4 Å². The second kappa shape index (κ2) is 9.70. The topological polar surface area (TPSA) is 39.7 Å². The third-order valence-electron chi connectivity index (χ3n) is 5.21. The maximum atomic E-state index is 6.48. The van der Waals surface area contributed by atoms with Gasteiger partial charge in [0.25, 0.3) is 0 Å². The lowest BCUT2D eigenvalue weighted by molar-refractivity contribution is -0.187. The summed E-state index contributed by atoms with van der Waals surface area (Å²) in [6, 6.07) is 30.6. The highest BCUT2D eigenvalue weighted by molar-refractivity contribution is 5.38. The lowest BCUT2D eigenvalue weighted by Crippen LogP contribution is -2.53. The summed E-state index contributed by atoms with van der Waals surface area (Å²) in [7, 11) is 0. The average Bonchev–Trinajstić information content (AvgIpc) is 2.81. The highest BCUT2D eigenvalue weighted by Crippen LogP contribution is 2.40. The molecule has 0 spiro atoms. The molecule has 0 saturated carbocycles. The zero-order valence-electron chi connectivity index (χ0n) is 16.5. The van der Waals surface area contributed by atoms with Gasteiger partial charge in [0.1, 0.15) is 24.1 Å². The Balaban J connectivity index is 1.48. The van der Waals surface area contributed by atoms with Gasteiger partial charge in [-0.05, 0) is 23.3 Å². The van der Waals surface area contributed by atoms with Crippen molar-refractivity contribution >= 4 is 0 Å². The number of hydrogen-bond donors (Lipinski definition) is 1. The molecule has 0 aliphatic carbocycles. The molecule has 4 heteroatoms. The first-order chi connectivity index (χ1) is 14.4. The monoisotopic (exact) mass is 389 g/mol. The standard InChI is InChI=1S/C25H27NO3/c1-4-10-21(11-5-1)25(22-12-6-2-7-13-22)24(28-18-19-29-25)20-26-16-17-27-23-14-8-3-9-15-23/h1-15,24,26H,16-20H2. The van der Waals surface area contributed by atoms with Crippen LogP contribution in [0.4, 0.5) is 0 Å². The van der Waals surface area contributed by atoms with Crippen LogP contribution in [0.5, 0.6) is 5.75 Å². The summed E-state index contributed by atoms with van der Waals surface area (Å²) >= 11 is 0. The summed E-state index contributed by atoms with van der Waals surface area (Å²) in [5.41, 5.74) is 1.59. The third-order valence-corrected chi connectivity index (χ3v) is 5.21. The van der Waals surface area contributed by atoms with Crippen molar-refractivity contribution in [1.82, 2.24) is 5.32 Å². The van der Waals surface area contributed by atoms with E-state index in [1.165, 1.54) is 0 Å². The van der Waals surface area contributed by atoms with E-state index in [4.69, 9.17) is 14.2 Å². The number of nitrogens with one attached hydrogen (secondary N) is 1. The van der Waals surface area contributed by atoms with Crippen molar-refractivity contribution in [2.75, 3.05) is 32.9 Å². The van der Waals surface area contributed by atoms with Crippen molar-refractivity contribution in [1.29, 1.82) is 0 Å². The van der Waals surface area contributed by atoms with Crippen LogP contribution in [0.25, 0.3) is 0 Å². The number of ether oxygens (including phenoxy) is 3. The Labute approximate surface area is 172 Å². The highest BCUT2D eigenvalue weighted by atomic mass is 16.6. The van der Waals surface area contributed by atoms with Crippen LogP contribution < -0.4 is 10.1 Å². The first-order valence-corrected chi connectivity index (χ1v) is 10.1. The summed E-state index contributed by atoms with van der Waals surface area (Å²) in [5, 5.41) is 3.49. The molecule has 1 unspecified atom stereocenters. The fraction of sp³-hybridized carbons (Fsp3) is 0.280. The van der Waals surface area contributed by atoms with Crippen molar-refractivity contribution in [3.8, 4) is 5.75 Å². The quantitative estimate of drug-likeness (QED) is 0.591. The van der Waals surface area contributed by atoms with Gasteiger partial charge in [0, 0.05) is 13.1 Å². The maximum absolute atomic E-state index is 6.48. The predicted octanol–water partition coefficient (Wildman–Crippen LogP) is 4.01. The normalized spacial score (nSPS) is 18.3. The van der Waals surface area contributed by atoms with Gasteiger partial charge in [-0.25, -0.2) is 0 Å². The van der Waals surface area contributed by atoms with Gasteiger partial charge < -0.3 is 19.5 Å². The van der Waals surface area contributed by atoms with E-state index in [0.717, 1.165) is 23.4 Å². The first kappa shape index (κ1) is 19.6. The van der Waals surface area contributed by atoms with Gasteiger partial charge in [0.2, 0.25) is 0 Å². The second-order valence-electron chi connectivity index (χ2n) is 7.04. The zero-order valence-corrected chi connectivity index (χ0v) is 16.5. The van der Waals surface area contributed by atoms with Crippen LogP contribution in [0.15, 0.2) is 91.0 Å². The lowest BCUT2D eigenvalue weighted by Gasteiger charge is -2.44. The van der Waals surface area contributed by atoms with Gasteiger partial charge in [-0.2, -0.15) is 0 Å². The van der Waals surface area contributed by atoms with Gasteiger partial charge in [0.15, 0.2) is 0 Å². The maximum Gasteiger partial charge on any atom is 0.145 e. The van der Waals surface area contributed by atoms with E-state index in [2.05, 4.69) is 53.8 Å². The molecule has 1 heterocycles. The van der Waals surface area contributed by atoms with Crippen LogP contribution in [0.3, 0.4) is 0 Å². The molecular formula is C25H27NO3. The van der Waals surface area contributed by atoms with Crippen molar-refractivity contribution in [2.45, 2.75) is 11.7 Å². The third kappa shape index (κ3) is 4.51. The second-order valence-corrected chi connectivity index (χ2v) is 7.04. The Hall–Kier alpha value is -2.66. The van der Waals surface area contributed by atoms with Crippen LogP contribution in [0, 0.1) is 0 Å². The summed E-state index contributed by atoms with van der Waals surface area (Å²) < 4.78 is 18.5. The van der Waals surface area contributed by atoms with E-state index in [9.17, 15) is 0 Å². The summed E-state index contributed by atoms with van der Waals surface area (Å²) in [4.78, 5) is 0. The van der Waals surface area contributed by atoms with Gasteiger partial charge in [-0.3, -0.25) is 0 Å². The Kier molecular flexibility index (Phi) is 6.57. The average molecular weight is 389 g/mol. The first-order valence-electron chi connectivity index (χ1n) is 10.1. The predicted molar refractivity (Wildman–Crippen MR) is 114 cm³/mol. The molecule has 150 valence electrons. The lowest BCUT2D eigenvalue weighted by atomic mass is 9.80. The smallest absolute Gasteiger partial charge is 0.145 e. The Morgan fingerprint density at radius 1 is 0.793 bits per heavy atom. The Morgan fingerprint density at radius 2 is 1.38 bits per heavy atom. The fourth-order valence-corrected chi connectivity index (χ4v) is 3.87. The van der Waals surface area contributed by atoms with Crippen molar-refractivity contribution in [3.05, 3.63) is 102 Å². The molecule has 4 rings (SSSR count).